The van der Waals surface area contributed by atoms with Crippen LogP contribution in [0.25, 0.3) is 0 Å². The van der Waals surface area contributed by atoms with Gasteiger partial charge in [0, 0.05) is 24.3 Å². The van der Waals surface area contributed by atoms with E-state index >= 15 is 0 Å². The van der Waals surface area contributed by atoms with Crippen molar-refractivity contribution in [3.05, 3.63) is 47.5 Å². The Balaban J connectivity index is 1.31. The summed E-state index contributed by atoms with van der Waals surface area (Å²) in [7, 11) is 0. The third-order valence-corrected chi connectivity index (χ3v) is 6.00. The lowest BCUT2D eigenvalue weighted by Crippen LogP contribution is -2.43. The second kappa shape index (κ2) is 10.1. The van der Waals surface area contributed by atoms with Crippen molar-refractivity contribution in [3.63, 3.8) is 0 Å². The highest BCUT2D eigenvalue weighted by Crippen LogP contribution is 2.32. The molecule has 6 nitrogen and oxygen atoms in total. The summed E-state index contributed by atoms with van der Waals surface area (Å²) in [4.78, 5) is 14.4. The number of amides is 1. The van der Waals surface area contributed by atoms with Crippen LogP contribution in [0.1, 0.15) is 25.7 Å². The standard InChI is InChI=1S/C23H25ClF3N3O3/c24-19-13-15(29-22(31)20-3-1-2-11-28-20)4-9-21(19)32-18-10-12-30(14-18)16-5-7-17(8-6-16)33-23(25,26)27/h4-9,13,18,20,28H,1-3,10-12,14H2,(H,29,31)/t18-,20+/m0/s1. The van der Waals surface area contributed by atoms with Crippen molar-refractivity contribution >= 4 is 28.9 Å². The highest BCUT2D eigenvalue weighted by Gasteiger charge is 2.31. The molecule has 2 N–H and O–H groups in total. The lowest BCUT2D eigenvalue weighted by molar-refractivity contribution is -0.274. The molecule has 0 radical (unpaired) electrons. The minimum absolute atomic E-state index is 0.0717. The van der Waals surface area contributed by atoms with Gasteiger partial charge in [0.1, 0.15) is 17.6 Å². The Morgan fingerprint density at radius 3 is 2.58 bits per heavy atom. The highest BCUT2D eigenvalue weighted by atomic mass is 35.5. The topological polar surface area (TPSA) is 62.8 Å². The predicted octanol–water partition coefficient (Wildman–Crippen LogP) is 4.98. The SMILES string of the molecule is O=C(Nc1ccc(O[C@H]2CCN(c3ccc(OC(F)(F)F)cc3)C2)c(Cl)c1)[C@H]1CCCCN1. The molecule has 0 unspecified atom stereocenters. The first kappa shape index (κ1) is 23.5. The fourth-order valence-corrected chi connectivity index (χ4v) is 4.30. The third kappa shape index (κ3) is 6.45. The summed E-state index contributed by atoms with van der Waals surface area (Å²) in [5.41, 5.74) is 1.40. The van der Waals surface area contributed by atoms with Crippen molar-refractivity contribution in [3.8, 4) is 11.5 Å². The fourth-order valence-electron chi connectivity index (χ4n) is 4.08. The maximum Gasteiger partial charge on any atom is 0.573 e. The maximum atomic E-state index is 12.4. The van der Waals surface area contributed by atoms with Crippen LogP contribution in [0.4, 0.5) is 24.5 Å². The molecular formula is C23H25ClF3N3O3. The van der Waals surface area contributed by atoms with Gasteiger partial charge in [0.2, 0.25) is 5.91 Å². The molecule has 0 saturated carbocycles. The minimum atomic E-state index is -4.71. The lowest BCUT2D eigenvalue weighted by atomic mass is 10.0. The number of carbonyl (C=O) groups is 1. The normalized spacial score (nSPS) is 21.0. The van der Waals surface area contributed by atoms with Crippen molar-refractivity contribution in [1.82, 2.24) is 5.32 Å². The number of rotatable bonds is 6. The van der Waals surface area contributed by atoms with Crippen LogP contribution in [-0.4, -0.2) is 44.0 Å². The smallest absolute Gasteiger partial charge is 0.487 e. The van der Waals surface area contributed by atoms with E-state index < -0.39 is 6.36 Å². The van der Waals surface area contributed by atoms with Crippen LogP contribution >= 0.6 is 11.6 Å². The van der Waals surface area contributed by atoms with Gasteiger partial charge >= 0.3 is 6.36 Å². The minimum Gasteiger partial charge on any atom is -0.487 e. The number of ether oxygens (including phenoxy) is 2. The second-order valence-electron chi connectivity index (χ2n) is 8.15. The zero-order chi connectivity index (χ0) is 23.4. The molecule has 2 aromatic rings. The molecule has 0 aromatic heterocycles. The first-order chi connectivity index (χ1) is 15.8. The van der Waals surface area contributed by atoms with Gasteiger partial charge < -0.3 is 25.0 Å². The number of hydrogen-bond donors (Lipinski definition) is 2. The van der Waals surface area contributed by atoms with Gasteiger partial charge in [0.05, 0.1) is 17.6 Å². The number of nitrogens with zero attached hydrogens (tertiary/aromatic N) is 1. The van der Waals surface area contributed by atoms with Gasteiger partial charge in [-0.15, -0.1) is 13.2 Å². The van der Waals surface area contributed by atoms with Crippen LogP contribution in [0, 0.1) is 0 Å². The molecule has 10 heteroatoms. The van der Waals surface area contributed by atoms with Gasteiger partial charge in [-0.3, -0.25) is 4.79 Å². The zero-order valence-corrected chi connectivity index (χ0v) is 18.6. The summed E-state index contributed by atoms with van der Waals surface area (Å²) in [6.07, 6.45) is -1.17. The van der Waals surface area contributed by atoms with Gasteiger partial charge in [-0.05, 0) is 61.9 Å². The van der Waals surface area contributed by atoms with Crippen LogP contribution in [0.3, 0.4) is 0 Å². The van der Waals surface area contributed by atoms with E-state index in [1.165, 1.54) is 12.1 Å². The molecule has 2 atom stereocenters. The number of piperidine rings is 1. The van der Waals surface area contributed by atoms with E-state index in [1.54, 1.807) is 30.3 Å². The van der Waals surface area contributed by atoms with Crippen LogP contribution in [-0.2, 0) is 4.79 Å². The van der Waals surface area contributed by atoms with Crippen LogP contribution in [0.5, 0.6) is 11.5 Å². The fraction of sp³-hybridized carbons (Fsp3) is 0.435. The van der Waals surface area contributed by atoms with Gasteiger partial charge in [-0.25, -0.2) is 0 Å². The number of anilines is 2. The molecule has 0 bridgehead atoms. The molecule has 0 aliphatic carbocycles. The van der Waals surface area contributed by atoms with E-state index in [4.69, 9.17) is 16.3 Å². The number of benzene rings is 2. The molecule has 2 aliphatic rings. The van der Waals surface area contributed by atoms with Gasteiger partial charge in [-0.2, -0.15) is 0 Å². The first-order valence-electron chi connectivity index (χ1n) is 10.9. The number of alkyl halides is 3. The molecule has 2 aliphatic heterocycles. The van der Waals surface area contributed by atoms with E-state index in [0.29, 0.717) is 29.5 Å². The number of hydrogen-bond acceptors (Lipinski definition) is 5. The lowest BCUT2D eigenvalue weighted by Gasteiger charge is -2.23. The number of carbonyl (C=O) groups excluding carboxylic acids is 1. The quantitative estimate of drug-likeness (QED) is 0.607. The Morgan fingerprint density at radius 2 is 1.91 bits per heavy atom. The van der Waals surface area contributed by atoms with Gasteiger partial charge in [0.25, 0.3) is 0 Å². The molecular weight excluding hydrogens is 459 g/mol. The van der Waals surface area contributed by atoms with E-state index in [1.807, 2.05) is 4.90 Å². The molecule has 2 heterocycles. The molecule has 2 aromatic carbocycles. The van der Waals surface area contributed by atoms with Crippen molar-refractivity contribution in [1.29, 1.82) is 0 Å². The molecule has 178 valence electrons. The Morgan fingerprint density at radius 1 is 1.12 bits per heavy atom. The Kier molecular flexibility index (Phi) is 7.19. The molecule has 4 rings (SSSR count). The first-order valence-corrected chi connectivity index (χ1v) is 11.3. The highest BCUT2D eigenvalue weighted by molar-refractivity contribution is 6.32. The van der Waals surface area contributed by atoms with E-state index in [2.05, 4.69) is 15.4 Å². The summed E-state index contributed by atoms with van der Waals surface area (Å²) in [5.74, 6) is 0.195. The second-order valence-corrected chi connectivity index (χ2v) is 8.56. The Labute approximate surface area is 195 Å². The average molecular weight is 484 g/mol. The van der Waals surface area contributed by atoms with Gasteiger partial charge in [0.15, 0.2) is 0 Å². The maximum absolute atomic E-state index is 12.4. The van der Waals surface area contributed by atoms with E-state index in [-0.39, 0.29) is 23.8 Å². The Hall–Kier alpha value is -2.65. The molecule has 0 spiro atoms. The monoisotopic (exact) mass is 483 g/mol. The molecule has 2 fully saturated rings. The zero-order valence-electron chi connectivity index (χ0n) is 17.8. The number of halogens is 4. The van der Waals surface area contributed by atoms with Crippen LogP contribution < -0.4 is 25.0 Å². The van der Waals surface area contributed by atoms with Crippen LogP contribution in [0.15, 0.2) is 42.5 Å². The summed E-state index contributed by atoms with van der Waals surface area (Å²) in [6, 6.07) is 10.8. The largest absolute Gasteiger partial charge is 0.573 e. The van der Waals surface area contributed by atoms with Crippen molar-refractivity contribution in [2.45, 2.75) is 44.2 Å². The number of nitrogens with one attached hydrogen (secondary N) is 2. The van der Waals surface area contributed by atoms with Crippen molar-refractivity contribution in [2.75, 3.05) is 29.9 Å². The molecule has 1 amide bonds. The van der Waals surface area contributed by atoms with E-state index in [0.717, 1.165) is 37.9 Å². The molecule has 33 heavy (non-hydrogen) atoms. The molecule has 2 saturated heterocycles. The predicted molar refractivity (Wildman–Crippen MR) is 120 cm³/mol. The summed E-state index contributed by atoms with van der Waals surface area (Å²) in [5, 5.41) is 6.50. The summed E-state index contributed by atoms with van der Waals surface area (Å²) in [6.45, 7) is 2.11. The summed E-state index contributed by atoms with van der Waals surface area (Å²) >= 11 is 6.39. The van der Waals surface area contributed by atoms with E-state index in [9.17, 15) is 18.0 Å². The van der Waals surface area contributed by atoms with Crippen LogP contribution in [0.2, 0.25) is 5.02 Å². The third-order valence-electron chi connectivity index (χ3n) is 5.70. The van der Waals surface area contributed by atoms with Gasteiger partial charge in [-0.1, -0.05) is 18.0 Å². The summed E-state index contributed by atoms with van der Waals surface area (Å²) < 4.78 is 46.9. The average Bonchev–Trinajstić information content (AvgIpc) is 3.24. The van der Waals surface area contributed by atoms with Crippen molar-refractivity contribution in [2.24, 2.45) is 0 Å². The van der Waals surface area contributed by atoms with Crippen molar-refractivity contribution < 1.29 is 27.4 Å². The Bertz CT molecular complexity index is 966.